The monoisotopic (exact) mass is 356 g/mol. The highest BCUT2D eigenvalue weighted by Crippen LogP contribution is 2.30. The molecular weight excluding hydrogens is 330 g/mol. The third-order valence-corrected chi connectivity index (χ3v) is 5.26. The lowest BCUT2D eigenvalue weighted by Crippen LogP contribution is -2.49. The Hall–Kier alpha value is -1.54. The molecule has 0 aromatic carbocycles. The van der Waals surface area contributed by atoms with E-state index in [0.29, 0.717) is 45.6 Å². The van der Waals surface area contributed by atoms with E-state index < -0.39 is 11.5 Å². The molecular formula is C17H26F2N4O2. The highest BCUT2D eigenvalue weighted by Gasteiger charge is 2.41. The lowest BCUT2D eigenvalue weighted by Gasteiger charge is -2.36. The lowest BCUT2D eigenvalue weighted by molar-refractivity contribution is -0.131. The van der Waals surface area contributed by atoms with Crippen LogP contribution in [-0.4, -0.2) is 74.8 Å². The average molecular weight is 356 g/mol. The van der Waals surface area contributed by atoms with Gasteiger partial charge in [-0.2, -0.15) is 5.10 Å². The van der Waals surface area contributed by atoms with E-state index in [1.807, 2.05) is 17.9 Å². The second-order valence-corrected chi connectivity index (χ2v) is 7.37. The standard InChI is InChI=1S/C17H26F2N4O2/c1-14-2-7-20-23(14)8-3-15(24)22-11-4-16(25,13-22)12-21-9-5-17(18,19)6-10-21/h2,7,25H,3-6,8-13H2,1H3. The fourth-order valence-electron chi connectivity index (χ4n) is 3.65. The zero-order chi connectivity index (χ0) is 18.1. The first kappa shape index (κ1) is 18.3. The maximum absolute atomic E-state index is 13.2. The molecule has 2 saturated heterocycles. The van der Waals surface area contributed by atoms with Gasteiger partial charge in [0.25, 0.3) is 5.92 Å². The summed E-state index contributed by atoms with van der Waals surface area (Å²) in [6.07, 6.45) is 2.22. The normalized spacial score (nSPS) is 27.0. The van der Waals surface area contributed by atoms with Crippen molar-refractivity contribution in [3.8, 4) is 0 Å². The summed E-state index contributed by atoms with van der Waals surface area (Å²) in [7, 11) is 0. The van der Waals surface area contributed by atoms with Crippen molar-refractivity contribution in [2.75, 3.05) is 32.7 Å². The molecule has 3 rings (SSSR count). The van der Waals surface area contributed by atoms with Gasteiger partial charge in [0.05, 0.1) is 12.1 Å². The number of hydrogen-bond acceptors (Lipinski definition) is 4. The minimum Gasteiger partial charge on any atom is -0.387 e. The van der Waals surface area contributed by atoms with Crippen LogP contribution >= 0.6 is 0 Å². The predicted octanol–water partition coefficient (Wildman–Crippen LogP) is 1.28. The van der Waals surface area contributed by atoms with E-state index in [4.69, 9.17) is 0 Å². The van der Waals surface area contributed by atoms with Crippen molar-refractivity contribution >= 4 is 5.91 Å². The molecule has 6 nitrogen and oxygen atoms in total. The predicted molar refractivity (Wildman–Crippen MR) is 88.3 cm³/mol. The molecule has 0 saturated carbocycles. The van der Waals surface area contributed by atoms with Crippen molar-refractivity contribution in [1.29, 1.82) is 0 Å². The van der Waals surface area contributed by atoms with Crippen LogP contribution in [0.5, 0.6) is 0 Å². The SMILES string of the molecule is Cc1ccnn1CCC(=O)N1CCC(O)(CN2CCC(F)(F)CC2)C1. The maximum Gasteiger partial charge on any atom is 0.250 e. The van der Waals surface area contributed by atoms with E-state index in [1.54, 1.807) is 15.8 Å². The molecule has 1 amide bonds. The van der Waals surface area contributed by atoms with E-state index in [-0.39, 0.29) is 25.3 Å². The summed E-state index contributed by atoms with van der Waals surface area (Å²) in [6.45, 7) is 4.19. The quantitative estimate of drug-likeness (QED) is 0.863. The van der Waals surface area contributed by atoms with Crippen LogP contribution in [0.1, 0.15) is 31.4 Å². The Balaban J connectivity index is 1.47. The Bertz CT molecular complexity index is 612. The Morgan fingerprint density at radius 1 is 1.28 bits per heavy atom. The van der Waals surface area contributed by atoms with Gasteiger partial charge < -0.3 is 10.0 Å². The van der Waals surface area contributed by atoms with Crippen LogP contribution in [0, 0.1) is 6.92 Å². The molecule has 1 aromatic rings. The lowest BCUT2D eigenvalue weighted by atomic mass is 10.00. The number of halogens is 2. The molecule has 25 heavy (non-hydrogen) atoms. The topological polar surface area (TPSA) is 61.6 Å². The number of piperidine rings is 1. The number of alkyl halides is 2. The van der Waals surface area contributed by atoms with Crippen LogP contribution in [0.2, 0.25) is 0 Å². The number of β-amino-alcohol motifs (C(OH)–C–C–N with tert-alkyl or cyclic N) is 1. The minimum absolute atomic E-state index is 0.00370. The molecule has 1 N–H and O–H groups in total. The summed E-state index contributed by atoms with van der Waals surface area (Å²) < 4.78 is 28.3. The summed E-state index contributed by atoms with van der Waals surface area (Å²) in [5, 5.41) is 14.9. The maximum atomic E-state index is 13.2. The van der Waals surface area contributed by atoms with Gasteiger partial charge in [0.1, 0.15) is 0 Å². The number of likely N-dealkylation sites (tertiary alicyclic amines) is 2. The molecule has 8 heteroatoms. The summed E-state index contributed by atoms with van der Waals surface area (Å²) >= 11 is 0. The molecule has 1 unspecified atom stereocenters. The zero-order valence-electron chi connectivity index (χ0n) is 14.6. The molecule has 1 aromatic heterocycles. The number of carbonyl (C=O) groups is 1. The van der Waals surface area contributed by atoms with Gasteiger partial charge in [-0.25, -0.2) is 8.78 Å². The van der Waals surface area contributed by atoms with Crippen LogP contribution in [0.15, 0.2) is 12.3 Å². The minimum atomic E-state index is -2.58. The number of rotatable bonds is 5. The second-order valence-electron chi connectivity index (χ2n) is 7.37. The van der Waals surface area contributed by atoms with Gasteiger partial charge in [0.2, 0.25) is 5.91 Å². The Morgan fingerprint density at radius 3 is 2.64 bits per heavy atom. The van der Waals surface area contributed by atoms with E-state index in [9.17, 15) is 18.7 Å². The number of hydrogen-bond donors (Lipinski definition) is 1. The zero-order valence-corrected chi connectivity index (χ0v) is 14.6. The molecule has 2 aliphatic heterocycles. The Morgan fingerprint density at radius 2 is 2.00 bits per heavy atom. The van der Waals surface area contributed by atoms with Crippen LogP contribution in [0.25, 0.3) is 0 Å². The Labute approximate surface area is 146 Å². The van der Waals surface area contributed by atoms with E-state index >= 15 is 0 Å². The first-order valence-electron chi connectivity index (χ1n) is 8.85. The Kier molecular flexibility index (Phi) is 5.11. The smallest absolute Gasteiger partial charge is 0.250 e. The van der Waals surface area contributed by atoms with Crippen molar-refractivity contribution in [3.05, 3.63) is 18.0 Å². The largest absolute Gasteiger partial charge is 0.387 e. The molecule has 1 atom stereocenters. The van der Waals surface area contributed by atoms with Gasteiger partial charge in [-0.05, 0) is 19.4 Å². The van der Waals surface area contributed by atoms with Gasteiger partial charge in [-0.3, -0.25) is 14.4 Å². The van der Waals surface area contributed by atoms with Crippen molar-refractivity contribution in [3.63, 3.8) is 0 Å². The van der Waals surface area contributed by atoms with Crippen molar-refractivity contribution < 1.29 is 18.7 Å². The number of carbonyl (C=O) groups excluding carboxylic acids is 1. The van der Waals surface area contributed by atoms with Crippen LogP contribution in [0.4, 0.5) is 8.78 Å². The van der Waals surface area contributed by atoms with Crippen molar-refractivity contribution in [2.45, 2.75) is 50.7 Å². The number of amides is 1. The number of aromatic nitrogens is 2. The van der Waals surface area contributed by atoms with Crippen LogP contribution in [0.3, 0.4) is 0 Å². The molecule has 0 radical (unpaired) electrons. The van der Waals surface area contributed by atoms with Gasteiger partial charge in [-0.1, -0.05) is 0 Å². The van der Waals surface area contributed by atoms with Gasteiger partial charge in [0, 0.05) is 63.9 Å². The molecule has 0 bridgehead atoms. The fraction of sp³-hybridized carbons (Fsp3) is 0.765. The van der Waals surface area contributed by atoms with Crippen molar-refractivity contribution in [1.82, 2.24) is 19.6 Å². The highest BCUT2D eigenvalue weighted by molar-refractivity contribution is 5.76. The second kappa shape index (κ2) is 6.99. The third-order valence-electron chi connectivity index (χ3n) is 5.26. The van der Waals surface area contributed by atoms with E-state index in [0.717, 1.165) is 5.69 Å². The van der Waals surface area contributed by atoms with E-state index in [2.05, 4.69) is 5.10 Å². The summed E-state index contributed by atoms with van der Waals surface area (Å²) in [4.78, 5) is 15.9. The van der Waals surface area contributed by atoms with Crippen LogP contribution < -0.4 is 0 Å². The van der Waals surface area contributed by atoms with Gasteiger partial charge in [-0.15, -0.1) is 0 Å². The molecule has 3 heterocycles. The summed E-state index contributed by atoms with van der Waals surface area (Å²) in [5.74, 6) is -2.59. The number of aryl methyl sites for hydroxylation is 2. The number of aliphatic hydroxyl groups is 1. The molecule has 140 valence electrons. The summed E-state index contributed by atoms with van der Waals surface area (Å²) in [6, 6.07) is 1.89. The average Bonchev–Trinajstić information content (AvgIpc) is 3.13. The third kappa shape index (κ3) is 4.55. The highest BCUT2D eigenvalue weighted by atomic mass is 19.3. The van der Waals surface area contributed by atoms with Crippen molar-refractivity contribution in [2.24, 2.45) is 0 Å². The first-order chi connectivity index (χ1) is 11.8. The first-order valence-corrected chi connectivity index (χ1v) is 8.85. The molecule has 2 fully saturated rings. The van der Waals surface area contributed by atoms with Gasteiger partial charge in [0.15, 0.2) is 0 Å². The fourth-order valence-corrected chi connectivity index (χ4v) is 3.65. The van der Waals surface area contributed by atoms with E-state index in [1.165, 1.54) is 0 Å². The summed E-state index contributed by atoms with van der Waals surface area (Å²) in [5.41, 5.74) is 0.0109. The number of nitrogens with zero attached hydrogens (tertiary/aromatic N) is 4. The van der Waals surface area contributed by atoms with Crippen LogP contribution in [-0.2, 0) is 11.3 Å². The van der Waals surface area contributed by atoms with Gasteiger partial charge >= 0.3 is 0 Å². The molecule has 0 aliphatic carbocycles. The molecule has 2 aliphatic rings. The molecule has 0 spiro atoms.